The summed E-state index contributed by atoms with van der Waals surface area (Å²) in [4.78, 5) is 12.0. The van der Waals surface area contributed by atoms with Crippen molar-refractivity contribution in [2.45, 2.75) is 19.4 Å². The van der Waals surface area contributed by atoms with E-state index in [9.17, 15) is 4.79 Å². The number of aromatic nitrogens is 2. The van der Waals surface area contributed by atoms with Crippen LogP contribution in [0.25, 0.3) is 11.5 Å². The number of hydrogen-bond acceptors (Lipinski definition) is 6. The lowest BCUT2D eigenvalue weighted by Crippen LogP contribution is -2.23. The molecule has 0 aliphatic heterocycles. The fraction of sp³-hybridized carbons (Fsp3) is 0.250. The van der Waals surface area contributed by atoms with E-state index in [1.807, 2.05) is 48.5 Å². The van der Waals surface area contributed by atoms with Crippen molar-refractivity contribution in [3.8, 4) is 23.0 Å². The first-order valence-corrected chi connectivity index (χ1v) is 8.54. The summed E-state index contributed by atoms with van der Waals surface area (Å²) in [7, 11) is 3.23. The van der Waals surface area contributed by atoms with Crippen LogP contribution in [0.15, 0.2) is 52.9 Å². The Morgan fingerprint density at radius 1 is 0.963 bits per heavy atom. The highest BCUT2D eigenvalue weighted by molar-refractivity contribution is 5.76. The van der Waals surface area contributed by atoms with E-state index in [1.165, 1.54) is 0 Å². The van der Waals surface area contributed by atoms with Crippen LogP contribution in [0.1, 0.15) is 17.9 Å². The summed E-state index contributed by atoms with van der Waals surface area (Å²) in [5.74, 6) is 2.24. The lowest BCUT2D eigenvalue weighted by Gasteiger charge is -2.04. The van der Waals surface area contributed by atoms with E-state index in [0.29, 0.717) is 24.6 Å². The molecule has 2 aromatic carbocycles. The molecule has 0 fully saturated rings. The van der Waals surface area contributed by atoms with Crippen molar-refractivity contribution in [2.24, 2.45) is 0 Å². The summed E-state index contributed by atoms with van der Waals surface area (Å²) < 4.78 is 15.8. The van der Waals surface area contributed by atoms with E-state index >= 15 is 0 Å². The van der Waals surface area contributed by atoms with E-state index in [0.717, 1.165) is 22.6 Å². The summed E-state index contributed by atoms with van der Waals surface area (Å²) in [5, 5.41) is 10.8. The fourth-order valence-corrected chi connectivity index (χ4v) is 2.49. The number of carbonyl (C=O) groups is 1. The number of hydrogen-bond donors (Lipinski definition) is 1. The summed E-state index contributed by atoms with van der Waals surface area (Å²) in [6, 6.07) is 15.0. The van der Waals surface area contributed by atoms with Crippen molar-refractivity contribution in [2.75, 3.05) is 14.2 Å². The van der Waals surface area contributed by atoms with Gasteiger partial charge in [0.05, 0.1) is 20.8 Å². The van der Waals surface area contributed by atoms with E-state index in [4.69, 9.17) is 13.9 Å². The average molecular weight is 367 g/mol. The number of ether oxygens (including phenoxy) is 2. The van der Waals surface area contributed by atoms with Gasteiger partial charge in [0.15, 0.2) is 0 Å². The molecule has 0 saturated heterocycles. The Labute approximate surface area is 157 Å². The fourth-order valence-electron chi connectivity index (χ4n) is 2.49. The van der Waals surface area contributed by atoms with Gasteiger partial charge in [-0.2, -0.15) is 0 Å². The van der Waals surface area contributed by atoms with Crippen LogP contribution in [0.5, 0.6) is 11.5 Å². The molecular weight excluding hydrogens is 346 g/mol. The van der Waals surface area contributed by atoms with Crippen molar-refractivity contribution in [3.63, 3.8) is 0 Å². The van der Waals surface area contributed by atoms with Gasteiger partial charge in [0.2, 0.25) is 17.7 Å². The first-order valence-electron chi connectivity index (χ1n) is 8.54. The van der Waals surface area contributed by atoms with Crippen molar-refractivity contribution in [1.29, 1.82) is 0 Å². The van der Waals surface area contributed by atoms with Crippen LogP contribution in [-0.2, 0) is 17.8 Å². The predicted octanol–water partition coefficient (Wildman–Crippen LogP) is 3.00. The van der Waals surface area contributed by atoms with Gasteiger partial charge in [0.25, 0.3) is 0 Å². The van der Waals surface area contributed by atoms with Gasteiger partial charge in [-0.3, -0.25) is 4.79 Å². The van der Waals surface area contributed by atoms with Crippen molar-refractivity contribution >= 4 is 5.91 Å². The van der Waals surface area contributed by atoms with E-state index in [1.54, 1.807) is 14.2 Å². The van der Waals surface area contributed by atoms with Crippen molar-refractivity contribution in [1.82, 2.24) is 15.5 Å². The van der Waals surface area contributed by atoms with Gasteiger partial charge in [-0.05, 0) is 48.4 Å². The second kappa shape index (κ2) is 8.84. The molecule has 1 heterocycles. The Hall–Kier alpha value is -3.35. The highest BCUT2D eigenvalue weighted by Crippen LogP contribution is 2.21. The van der Waals surface area contributed by atoms with Crippen LogP contribution < -0.4 is 14.8 Å². The number of aryl methyl sites for hydroxylation is 1. The molecule has 27 heavy (non-hydrogen) atoms. The number of nitrogens with one attached hydrogen (secondary N) is 1. The first-order chi connectivity index (χ1) is 13.2. The number of benzene rings is 2. The maximum absolute atomic E-state index is 12.0. The minimum atomic E-state index is -0.0741. The molecule has 3 rings (SSSR count). The summed E-state index contributed by atoms with van der Waals surface area (Å²) in [6.45, 7) is 0.199. The third-order valence-electron chi connectivity index (χ3n) is 4.04. The molecule has 0 bridgehead atoms. The second-order valence-corrected chi connectivity index (χ2v) is 5.85. The summed E-state index contributed by atoms with van der Waals surface area (Å²) in [6.07, 6.45) is 1.03. The Kier molecular flexibility index (Phi) is 6.04. The van der Waals surface area contributed by atoms with Gasteiger partial charge < -0.3 is 19.2 Å². The minimum Gasteiger partial charge on any atom is -0.497 e. The summed E-state index contributed by atoms with van der Waals surface area (Å²) >= 11 is 0. The monoisotopic (exact) mass is 367 g/mol. The Morgan fingerprint density at radius 2 is 1.59 bits per heavy atom. The highest BCUT2D eigenvalue weighted by atomic mass is 16.5. The van der Waals surface area contributed by atoms with Crippen LogP contribution in [-0.4, -0.2) is 30.3 Å². The van der Waals surface area contributed by atoms with Gasteiger partial charge in [0, 0.05) is 12.0 Å². The Balaban J connectivity index is 1.47. The molecule has 1 N–H and O–H groups in total. The molecule has 0 unspecified atom stereocenters. The maximum Gasteiger partial charge on any atom is 0.247 e. The lowest BCUT2D eigenvalue weighted by atomic mass is 10.1. The molecule has 0 aliphatic carbocycles. The third kappa shape index (κ3) is 5.07. The summed E-state index contributed by atoms with van der Waals surface area (Å²) in [5.41, 5.74) is 1.87. The van der Waals surface area contributed by atoms with Crippen LogP contribution in [0.2, 0.25) is 0 Å². The molecular formula is C20H21N3O4. The average Bonchev–Trinajstić information content (AvgIpc) is 3.20. The normalized spacial score (nSPS) is 10.4. The van der Waals surface area contributed by atoms with Gasteiger partial charge in [-0.1, -0.05) is 12.1 Å². The predicted molar refractivity (Wildman–Crippen MR) is 99.4 cm³/mol. The van der Waals surface area contributed by atoms with Crippen LogP contribution in [0, 0.1) is 0 Å². The Morgan fingerprint density at radius 3 is 2.22 bits per heavy atom. The number of rotatable bonds is 8. The zero-order valence-electron chi connectivity index (χ0n) is 15.3. The van der Waals surface area contributed by atoms with E-state index in [2.05, 4.69) is 15.5 Å². The molecule has 0 atom stereocenters. The maximum atomic E-state index is 12.0. The molecule has 0 spiro atoms. The second-order valence-electron chi connectivity index (χ2n) is 5.85. The number of carbonyl (C=O) groups excluding carboxylic acids is 1. The van der Waals surface area contributed by atoms with Crippen LogP contribution >= 0.6 is 0 Å². The van der Waals surface area contributed by atoms with Crippen LogP contribution in [0.4, 0.5) is 0 Å². The van der Waals surface area contributed by atoms with Crippen molar-refractivity contribution in [3.05, 3.63) is 60.0 Å². The first kappa shape index (κ1) is 18.4. The molecule has 0 radical (unpaired) electrons. The molecule has 140 valence electrons. The topological polar surface area (TPSA) is 86.5 Å². The minimum absolute atomic E-state index is 0.0741. The Bertz CT molecular complexity index is 873. The standard InChI is InChI=1S/C20H21N3O4/c1-25-16-8-3-14(4-9-16)5-12-18(24)21-13-19-22-23-20(27-19)15-6-10-17(26-2)11-7-15/h3-4,6-11H,5,12-13H2,1-2H3,(H,21,24). The number of methoxy groups -OCH3 is 2. The van der Waals surface area contributed by atoms with Gasteiger partial charge in [0.1, 0.15) is 11.5 Å². The highest BCUT2D eigenvalue weighted by Gasteiger charge is 2.10. The molecule has 0 saturated carbocycles. The van der Waals surface area contributed by atoms with Gasteiger partial charge >= 0.3 is 0 Å². The number of nitrogens with zero attached hydrogens (tertiary/aromatic N) is 2. The largest absolute Gasteiger partial charge is 0.497 e. The molecule has 1 amide bonds. The zero-order valence-corrected chi connectivity index (χ0v) is 15.3. The smallest absolute Gasteiger partial charge is 0.247 e. The number of amides is 1. The van der Waals surface area contributed by atoms with E-state index in [-0.39, 0.29) is 12.5 Å². The SMILES string of the molecule is COc1ccc(CCC(=O)NCc2nnc(-c3ccc(OC)cc3)o2)cc1. The van der Waals surface area contributed by atoms with E-state index < -0.39 is 0 Å². The molecule has 7 nitrogen and oxygen atoms in total. The molecule has 7 heteroatoms. The van der Waals surface area contributed by atoms with Gasteiger partial charge in [-0.15, -0.1) is 10.2 Å². The molecule has 0 aliphatic rings. The zero-order chi connectivity index (χ0) is 19.1. The van der Waals surface area contributed by atoms with Crippen molar-refractivity contribution < 1.29 is 18.7 Å². The van der Waals surface area contributed by atoms with Gasteiger partial charge in [-0.25, -0.2) is 0 Å². The third-order valence-corrected chi connectivity index (χ3v) is 4.04. The molecule has 3 aromatic rings. The van der Waals surface area contributed by atoms with Crippen LogP contribution in [0.3, 0.4) is 0 Å². The lowest BCUT2D eigenvalue weighted by molar-refractivity contribution is -0.121. The quantitative estimate of drug-likeness (QED) is 0.659. The molecule has 1 aromatic heterocycles.